The minimum absolute atomic E-state index is 0.503. The number of aryl methyl sites for hydroxylation is 1. The number of hydrogen-bond acceptors (Lipinski definition) is 3. The Morgan fingerprint density at radius 1 is 1.18 bits per heavy atom. The Labute approximate surface area is 110 Å². The Balaban J connectivity index is 2.28. The zero-order chi connectivity index (χ0) is 12.3. The molecule has 4 heteroatoms. The lowest BCUT2D eigenvalue weighted by molar-refractivity contribution is 0.941. The molecule has 0 aliphatic rings. The highest BCUT2D eigenvalue weighted by Gasteiger charge is 2.05. The number of halogens is 1. The maximum Gasteiger partial charge on any atom is 0.106 e. The van der Waals surface area contributed by atoms with Gasteiger partial charge in [-0.05, 0) is 42.8 Å². The summed E-state index contributed by atoms with van der Waals surface area (Å²) < 4.78 is 0. The smallest absolute Gasteiger partial charge is 0.106 e. The molecule has 0 aliphatic carbocycles. The van der Waals surface area contributed by atoms with Gasteiger partial charge in [0.15, 0.2) is 0 Å². The Bertz CT molecular complexity index is 511. The van der Waals surface area contributed by atoms with Gasteiger partial charge in [0, 0.05) is 22.2 Å². The minimum atomic E-state index is 0.503. The van der Waals surface area contributed by atoms with Gasteiger partial charge in [-0.25, -0.2) is 4.98 Å². The Morgan fingerprint density at radius 3 is 2.53 bits per heavy atom. The largest absolute Gasteiger partial charge is 0.326 e. The van der Waals surface area contributed by atoms with Crippen LogP contribution in [0.4, 0.5) is 0 Å². The van der Waals surface area contributed by atoms with E-state index in [4.69, 9.17) is 17.3 Å². The van der Waals surface area contributed by atoms with Gasteiger partial charge >= 0.3 is 0 Å². The van der Waals surface area contributed by atoms with Crippen LogP contribution in [0.2, 0.25) is 5.02 Å². The number of nitrogens with two attached hydrogens (primary N) is 1. The van der Waals surface area contributed by atoms with Crippen LogP contribution in [0.15, 0.2) is 46.3 Å². The van der Waals surface area contributed by atoms with E-state index in [9.17, 15) is 0 Å². The van der Waals surface area contributed by atoms with E-state index < -0.39 is 0 Å². The van der Waals surface area contributed by atoms with E-state index in [1.54, 1.807) is 11.8 Å². The van der Waals surface area contributed by atoms with Crippen molar-refractivity contribution in [2.24, 2.45) is 5.73 Å². The first-order valence-electron chi connectivity index (χ1n) is 5.29. The normalized spacial score (nSPS) is 10.5. The highest BCUT2D eigenvalue weighted by molar-refractivity contribution is 7.99. The molecule has 1 aromatic heterocycles. The lowest BCUT2D eigenvalue weighted by Gasteiger charge is -2.07. The predicted molar refractivity (Wildman–Crippen MR) is 72.4 cm³/mol. The van der Waals surface area contributed by atoms with Crippen LogP contribution in [0, 0.1) is 6.92 Å². The third-order valence-corrected chi connectivity index (χ3v) is 3.63. The second-order valence-corrected chi connectivity index (χ2v) is 5.18. The van der Waals surface area contributed by atoms with Crippen molar-refractivity contribution in [3.05, 3.63) is 52.7 Å². The van der Waals surface area contributed by atoms with Gasteiger partial charge in [0.25, 0.3) is 0 Å². The van der Waals surface area contributed by atoms with E-state index in [1.807, 2.05) is 43.3 Å². The van der Waals surface area contributed by atoms with Gasteiger partial charge in [-0.1, -0.05) is 29.4 Å². The third-order valence-electron chi connectivity index (χ3n) is 2.33. The van der Waals surface area contributed by atoms with E-state index in [1.165, 1.54) is 0 Å². The molecule has 88 valence electrons. The summed E-state index contributed by atoms with van der Waals surface area (Å²) >= 11 is 7.47. The maximum atomic E-state index is 5.85. The molecule has 0 amide bonds. The first-order valence-corrected chi connectivity index (χ1v) is 6.48. The Morgan fingerprint density at radius 2 is 1.88 bits per heavy atom. The highest BCUT2D eigenvalue weighted by Crippen LogP contribution is 2.29. The van der Waals surface area contributed by atoms with Crippen LogP contribution < -0.4 is 5.73 Å². The van der Waals surface area contributed by atoms with Crippen LogP contribution in [-0.2, 0) is 6.54 Å². The summed E-state index contributed by atoms with van der Waals surface area (Å²) in [5.41, 5.74) is 7.77. The van der Waals surface area contributed by atoms with E-state index in [0.717, 1.165) is 26.2 Å². The number of benzene rings is 1. The molecule has 1 aromatic carbocycles. The second kappa shape index (κ2) is 5.54. The maximum absolute atomic E-state index is 5.85. The van der Waals surface area contributed by atoms with Gasteiger partial charge in [0.2, 0.25) is 0 Å². The molecular weight excluding hydrogens is 252 g/mol. The van der Waals surface area contributed by atoms with Crippen LogP contribution in [0.5, 0.6) is 0 Å². The van der Waals surface area contributed by atoms with Crippen molar-refractivity contribution >= 4 is 23.4 Å². The number of pyridine rings is 1. The van der Waals surface area contributed by atoms with Crippen molar-refractivity contribution in [3.8, 4) is 0 Å². The molecule has 1 heterocycles. The molecule has 0 aliphatic heterocycles. The standard InChI is InChI=1S/C13H13ClN2S/c1-9-2-3-10(8-15)13(16-9)17-12-6-4-11(14)5-7-12/h2-7H,8,15H2,1H3. The Hall–Kier alpha value is -1.03. The molecule has 0 radical (unpaired) electrons. The summed E-state index contributed by atoms with van der Waals surface area (Å²) in [6.07, 6.45) is 0. The molecule has 0 atom stereocenters. The van der Waals surface area contributed by atoms with Gasteiger partial charge < -0.3 is 5.73 Å². The fraction of sp³-hybridized carbons (Fsp3) is 0.154. The summed E-state index contributed by atoms with van der Waals surface area (Å²) in [6, 6.07) is 11.7. The molecular formula is C13H13ClN2S. The number of hydrogen-bond donors (Lipinski definition) is 1. The molecule has 2 rings (SSSR count). The fourth-order valence-corrected chi connectivity index (χ4v) is 2.51. The van der Waals surface area contributed by atoms with E-state index in [2.05, 4.69) is 4.98 Å². The molecule has 0 saturated heterocycles. The topological polar surface area (TPSA) is 38.9 Å². The van der Waals surface area contributed by atoms with Crippen LogP contribution in [0.3, 0.4) is 0 Å². The van der Waals surface area contributed by atoms with Crippen LogP contribution >= 0.6 is 23.4 Å². The number of aromatic nitrogens is 1. The SMILES string of the molecule is Cc1ccc(CN)c(Sc2ccc(Cl)cc2)n1. The van der Waals surface area contributed by atoms with Gasteiger partial charge in [0.1, 0.15) is 5.03 Å². The van der Waals surface area contributed by atoms with Crippen LogP contribution in [0.1, 0.15) is 11.3 Å². The third kappa shape index (κ3) is 3.22. The summed E-state index contributed by atoms with van der Waals surface area (Å²) in [5, 5.41) is 1.71. The summed E-state index contributed by atoms with van der Waals surface area (Å²) in [4.78, 5) is 5.62. The van der Waals surface area contributed by atoms with E-state index >= 15 is 0 Å². The Kier molecular flexibility index (Phi) is 4.05. The van der Waals surface area contributed by atoms with Crippen molar-refractivity contribution in [2.45, 2.75) is 23.4 Å². The average molecular weight is 265 g/mol. The van der Waals surface area contributed by atoms with Crippen molar-refractivity contribution in [1.82, 2.24) is 4.98 Å². The molecule has 0 unspecified atom stereocenters. The van der Waals surface area contributed by atoms with Gasteiger partial charge in [-0.15, -0.1) is 0 Å². The fourth-order valence-electron chi connectivity index (χ4n) is 1.42. The molecule has 0 saturated carbocycles. The van der Waals surface area contributed by atoms with E-state index in [0.29, 0.717) is 6.54 Å². The average Bonchev–Trinajstić information content (AvgIpc) is 2.32. The predicted octanol–water partition coefficient (Wildman–Crippen LogP) is 3.65. The number of rotatable bonds is 3. The molecule has 2 N–H and O–H groups in total. The van der Waals surface area contributed by atoms with Gasteiger partial charge in [0.05, 0.1) is 0 Å². The lowest BCUT2D eigenvalue weighted by atomic mass is 10.2. The monoisotopic (exact) mass is 264 g/mol. The van der Waals surface area contributed by atoms with Gasteiger partial charge in [-0.2, -0.15) is 0 Å². The lowest BCUT2D eigenvalue weighted by Crippen LogP contribution is -2.00. The zero-order valence-electron chi connectivity index (χ0n) is 9.48. The van der Waals surface area contributed by atoms with Crippen molar-refractivity contribution < 1.29 is 0 Å². The second-order valence-electron chi connectivity index (χ2n) is 3.68. The van der Waals surface area contributed by atoms with Crippen molar-refractivity contribution in [1.29, 1.82) is 0 Å². The minimum Gasteiger partial charge on any atom is -0.326 e. The first-order chi connectivity index (χ1) is 8.19. The van der Waals surface area contributed by atoms with Crippen molar-refractivity contribution in [2.75, 3.05) is 0 Å². The molecule has 0 fully saturated rings. The zero-order valence-corrected chi connectivity index (χ0v) is 11.1. The molecule has 0 spiro atoms. The summed E-state index contributed by atoms with van der Waals surface area (Å²) in [6.45, 7) is 2.48. The first kappa shape index (κ1) is 12.4. The molecule has 2 nitrogen and oxygen atoms in total. The quantitative estimate of drug-likeness (QED) is 0.920. The summed E-state index contributed by atoms with van der Waals surface area (Å²) in [7, 11) is 0. The molecule has 2 aromatic rings. The summed E-state index contributed by atoms with van der Waals surface area (Å²) in [5.74, 6) is 0. The van der Waals surface area contributed by atoms with Crippen LogP contribution in [0.25, 0.3) is 0 Å². The van der Waals surface area contributed by atoms with Crippen LogP contribution in [-0.4, -0.2) is 4.98 Å². The molecule has 0 bridgehead atoms. The molecule has 17 heavy (non-hydrogen) atoms. The highest BCUT2D eigenvalue weighted by atomic mass is 35.5. The van der Waals surface area contributed by atoms with Crippen molar-refractivity contribution in [3.63, 3.8) is 0 Å². The van der Waals surface area contributed by atoms with Gasteiger partial charge in [-0.3, -0.25) is 0 Å². The van der Waals surface area contributed by atoms with E-state index in [-0.39, 0.29) is 0 Å². The number of nitrogens with zero attached hydrogens (tertiary/aromatic N) is 1.